The quantitative estimate of drug-likeness (QED) is 0.414. The van der Waals surface area contributed by atoms with Crippen molar-refractivity contribution in [1.82, 2.24) is 14.8 Å². The first-order valence-electron chi connectivity index (χ1n) is 12.3. The first kappa shape index (κ1) is 23.8. The number of fused-ring (bicyclic) bond motifs is 4. The minimum atomic E-state index is -0.165. The normalized spacial score (nSPS) is 19.8. The molecule has 0 N–H and O–H groups in total. The number of hydrogen-bond acceptors (Lipinski definition) is 4. The lowest BCUT2D eigenvalue weighted by atomic mass is 10.1. The van der Waals surface area contributed by atoms with Crippen LogP contribution in [0.1, 0.15) is 25.8 Å². The van der Waals surface area contributed by atoms with Crippen molar-refractivity contribution < 1.29 is 4.79 Å². The zero-order valence-electron chi connectivity index (χ0n) is 21.0. The van der Waals surface area contributed by atoms with E-state index in [1.807, 2.05) is 84.4 Å². The largest absolute Gasteiger partial charge is 0.347 e. The van der Waals surface area contributed by atoms with Crippen molar-refractivity contribution in [1.29, 1.82) is 0 Å². The summed E-state index contributed by atoms with van der Waals surface area (Å²) < 4.78 is 0. The first-order chi connectivity index (χ1) is 17.9. The number of para-hydroxylation sites is 1. The van der Waals surface area contributed by atoms with E-state index in [9.17, 15) is 4.79 Å². The fraction of sp³-hybridized carbons (Fsp3) is 0.207. The van der Waals surface area contributed by atoms with E-state index in [-0.39, 0.29) is 22.6 Å². The maximum Gasteiger partial charge on any atom is 0.347 e. The number of allylic oxidation sites excluding steroid dienone is 2. The van der Waals surface area contributed by atoms with Crippen LogP contribution in [0.15, 0.2) is 106 Å². The maximum atomic E-state index is 14.0. The lowest BCUT2D eigenvalue weighted by Crippen LogP contribution is -2.44. The topological polar surface area (TPSA) is 42.4 Å². The van der Waals surface area contributed by atoms with E-state index in [1.165, 1.54) is 21.1 Å². The van der Waals surface area contributed by atoms with Crippen LogP contribution in [0.2, 0.25) is 5.02 Å². The molecule has 6 rings (SSSR count). The molecule has 0 fully saturated rings. The molecule has 2 aromatic carbocycles. The molecule has 6 nitrogen and oxygen atoms in total. The molecule has 4 aliphatic rings. The standard InChI is InChI=1S/C29H28ClN5OS/c1-20(2)33(16-21-10-5-4-6-11-21)29(36)35-27-18-32(25-14-8-7-13-24(25)30)17-23-22-12-9-15-26(22)37(3)28(23)34(27)19-31-35/h4-11,13-15,17-20H,12,16H2,1-3H3. The highest BCUT2D eigenvalue weighted by Crippen LogP contribution is 2.48. The SMILES string of the molecule is CC(C)N(Cc1ccccc1)C(=O)N1N=CN2C1=CN(c1ccccc1Cl)C=C1C3=C(C=CC3)S(C)=C12. The monoisotopic (exact) mass is 529 g/mol. The molecule has 3 aliphatic heterocycles. The number of urea groups is 1. The van der Waals surface area contributed by atoms with Crippen LogP contribution in [-0.4, -0.2) is 44.5 Å². The number of carbonyl (C=O) groups excluding carboxylic acids is 1. The molecule has 188 valence electrons. The predicted octanol–water partition coefficient (Wildman–Crippen LogP) is 6.69. The average molecular weight is 530 g/mol. The molecule has 3 heterocycles. The van der Waals surface area contributed by atoms with Gasteiger partial charge in [0.2, 0.25) is 0 Å². The number of benzene rings is 2. The number of rotatable bonds is 4. The number of nitrogens with zero attached hydrogens (tertiary/aromatic N) is 5. The van der Waals surface area contributed by atoms with E-state index in [2.05, 4.69) is 34.6 Å². The smallest absolute Gasteiger partial charge is 0.318 e. The summed E-state index contributed by atoms with van der Waals surface area (Å²) in [6, 6.07) is 17.7. The number of anilines is 1. The van der Waals surface area contributed by atoms with Gasteiger partial charge in [0.25, 0.3) is 0 Å². The second kappa shape index (κ2) is 9.39. The van der Waals surface area contributed by atoms with Gasteiger partial charge in [0.1, 0.15) is 6.34 Å². The number of hydrazone groups is 1. The Bertz CT molecular complexity index is 1470. The Morgan fingerprint density at radius 3 is 2.62 bits per heavy atom. The molecule has 1 unspecified atom stereocenters. The molecule has 1 atom stereocenters. The van der Waals surface area contributed by atoms with Gasteiger partial charge in [-0.1, -0.05) is 66.2 Å². The Morgan fingerprint density at radius 1 is 1.11 bits per heavy atom. The predicted molar refractivity (Wildman–Crippen MR) is 154 cm³/mol. The Hall–Kier alpha value is -3.55. The lowest BCUT2D eigenvalue weighted by molar-refractivity contribution is 0.148. The molecule has 1 aliphatic carbocycles. The van der Waals surface area contributed by atoms with Crippen LogP contribution >= 0.6 is 22.1 Å². The van der Waals surface area contributed by atoms with Crippen molar-refractivity contribution >= 4 is 45.1 Å². The summed E-state index contributed by atoms with van der Waals surface area (Å²) in [6.07, 6.45) is 13.5. The Labute approximate surface area is 225 Å². The van der Waals surface area contributed by atoms with Crippen LogP contribution in [-0.2, 0) is 6.54 Å². The molecular weight excluding hydrogens is 502 g/mol. The average Bonchev–Trinajstić information content (AvgIpc) is 3.57. The number of hydrogen-bond donors (Lipinski definition) is 0. The summed E-state index contributed by atoms with van der Waals surface area (Å²) in [5.74, 6) is 0.689. The first-order valence-corrected chi connectivity index (χ1v) is 14.3. The van der Waals surface area contributed by atoms with Gasteiger partial charge in [-0.3, -0.25) is 4.90 Å². The third-order valence-corrected chi connectivity index (χ3v) is 9.29. The molecule has 37 heavy (non-hydrogen) atoms. The van der Waals surface area contributed by atoms with Crippen LogP contribution in [0, 0.1) is 0 Å². The molecular formula is C29H28ClN5OS. The third kappa shape index (κ3) is 4.03. The van der Waals surface area contributed by atoms with E-state index >= 15 is 0 Å². The van der Waals surface area contributed by atoms with Crippen LogP contribution in [0.5, 0.6) is 0 Å². The van der Waals surface area contributed by atoms with Crippen molar-refractivity contribution in [3.05, 3.63) is 112 Å². The van der Waals surface area contributed by atoms with Crippen molar-refractivity contribution in [2.24, 2.45) is 5.10 Å². The van der Waals surface area contributed by atoms with E-state index in [0.717, 1.165) is 22.7 Å². The summed E-state index contributed by atoms with van der Waals surface area (Å²) in [4.78, 5) is 22.5. The van der Waals surface area contributed by atoms with Crippen LogP contribution in [0.4, 0.5) is 10.5 Å². The van der Waals surface area contributed by atoms with E-state index in [0.29, 0.717) is 17.4 Å². The Kier molecular flexibility index (Phi) is 6.05. The number of carbonyl (C=O) groups is 1. The van der Waals surface area contributed by atoms with Gasteiger partial charge < -0.3 is 9.80 Å². The summed E-state index contributed by atoms with van der Waals surface area (Å²) in [5, 5.41) is 6.80. The highest BCUT2D eigenvalue weighted by Gasteiger charge is 2.40. The lowest BCUT2D eigenvalue weighted by Gasteiger charge is -2.31. The molecule has 0 saturated heterocycles. The van der Waals surface area contributed by atoms with Gasteiger partial charge in [0.15, 0.2) is 5.82 Å². The highest BCUT2D eigenvalue weighted by molar-refractivity contribution is 8.19. The summed E-state index contributed by atoms with van der Waals surface area (Å²) in [5.41, 5.74) is 4.43. The van der Waals surface area contributed by atoms with Gasteiger partial charge in [-0.2, -0.15) is 10.1 Å². The zero-order chi connectivity index (χ0) is 25.7. The molecule has 8 heteroatoms. The molecule has 0 bridgehead atoms. The van der Waals surface area contributed by atoms with Crippen molar-refractivity contribution in [2.45, 2.75) is 32.9 Å². The van der Waals surface area contributed by atoms with Gasteiger partial charge in [0, 0.05) is 29.3 Å². The number of halogens is 1. The van der Waals surface area contributed by atoms with Crippen LogP contribution in [0.3, 0.4) is 0 Å². The van der Waals surface area contributed by atoms with Crippen molar-refractivity contribution in [2.75, 3.05) is 11.2 Å². The third-order valence-electron chi connectivity index (χ3n) is 6.93. The molecule has 0 saturated carbocycles. The highest BCUT2D eigenvalue weighted by atomic mass is 35.5. The molecule has 0 spiro atoms. The second-order valence-electron chi connectivity index (χ2n) is 9.56. The number of amides is 2. The maximum absolute atomic E-state index is 14.0. The van der Waals surface area contributed by atoms with Crippen LogP contribution in [0.25, 0.3) is 0 Å². The van der Waals surface area contributed by atoms with Crippen molar-refractivity contribution in [3.8, 4) is 0 Å². The second-order valence-corrected chi connectivity index (χ2v) is 11.8. The molecule has 0 radical (unpaired) electrons. The Morgan fingerprint density at radius 2 is 1.86 bits per heavy atom. The fourth-order valence-electron chi connectivity index (χ4n) is 5.04. The minimum Gasteiger partial charge on any atom is -0.318 e. The zero-order valence-corrected chi connectivity index (χ0v) is 22.6. The van der Waals surface area contributed by atoms with E-state index < -0.39 is 0 Å². The summed E-state index contributed by atoms with van der Waals surface area (Å²) >= 11 is 6.65. The summed E-state index contributed by atoms with van der Waals surface area (Å²) in [7, 11) is -0.149. The van der Waals surface area contributed by atoms with E-state index in [1.54, 1.807) is 6.34 Å². The summed E-state index contributed by atoms with van der Waals surface area (Å²) in [6.45, 7) is 4.57. The fourth-order valence-corrected chi connectivity index (χ4v) is 7.29. The van der Waals surface area contributed by atoms with Gasteiger partial charge in [-0.25, -0.2) is 4.79 Å². The molecule has 2 amide bonds. The van der Waals surface area contributed by atoms with Gasteiger partial charge in [-0.15, -0.1) is 10.5 Å². The minimum absolute atomic E-state index is 0.00720. The Balaban J connectivity index is 1.43. The van der Waals surface area contributed by atoms with Crippen molar-refractivity contribution in [3.63, 3.8) is 0 Å². The molecule has 2 aromatic rings. The van der Waals surface area contributed by atoms with Gasteiger partial charge >= 0.3 is 6.03 Å². The van der Waals surface area contributed by atoms with E-state index in [4.69, 9.17) is 11.6 Å². The molecule has 0 aromatic heterocycles. The van der Waals surface area contributed by atoms with Gasteiger partial charge in [0.05, 0.1) is 21.9 Å². The van der Waals surface area contributed by atoms with Gasteiger partial charge in [-0.05, 0) is 49.8 Å². The van der Waals surface area contributed by atoms with Crippen LogP contribution < -0.4 is 4.90 Å².